The maximum absolute atomic E-state index is 11.6. The van der Waals surface area contributed by atoms with Crippen molar-refractivity contribution >= 4 is 11.9 Å². The van der Waals surface area contributed by atoms with Gasteiger partial charge in [-0.15, -0.1) is 0 Å². The molecule has 0 aromatic carbocycles. The molecule has 226 valence electrons. The van der Waals surface area contributed by atoms with Crippen LogP contribution in [0.15, 0.2) is 30.3 Å². The summed E-state index contributed by atoms with van der Waals surface area (Å²) in [6.45, 7) is 9.82. The van der Waals surface area contributed by atoms with Gasteiger partial charge in [0.25, 0.3) is 0 Å². The molecule has 0 radical (unpaired) electrons. The zero-order valence-electron chi connectivity index (χ0n) is 24.1. The van der Waals surface area contributed by atoms with Gasteiger partial charge in [0.05, 0.1) is 45.3 Å². The van der Waals surface area contributed by atoms with Crippen LogP contribution in [-0.2, 0) is 31.9 Å². The van der Waals surface area contributed by atoms with Crippen molar-refractivity contribution < 1.29 is 38.7 Å². The molecule has 2 N–H and O–H groups in total. The number of hydrogen-bond acceptors (Lipinski definition) is 9. The minimum absolute atomic E-state index is 0.0494. The molecule has 0 amide bonds. The summed E-state index contributed by atoms with van der Waals surface area (Å²) in [4.78, 5) is 33.7. The highest BCUT2D eigenvalue weighted by molar-refractivity contribution is 5.85. The highest BCUT2D eigenvalue weighted by atomic mass is 16.5. The lowest BCUT2D eigenvalue weighted by molar-refractivity contribution is 0.0124. The first-order chi connectivity index (χ1) is 19.8. The average Bonchev–Trinajstić information content (AvgIpc) is 2.94. The molecule has 0 bridgehead atoms. The van der Waals surface area contributed by atoms with E-state index in [1.54, 1.807) is 12.1 Å². The largest absolute Gasteiger partial charge is 0.477 e. The van der Waals surface area contributed by atoms with Gasteiger partial charge in [-0.3, -0.25) is 4.90 Å². The molecule has 0 aliphatic carbocycles. The number of carboxylic acids is 2. The van der Waals surface area contributed by atoms with E-state index in [1.165, 1.54) is 6.07 Å². The van der Waals surface area contributed by atoms with Crippen molar-refractivity contribution in [1.29, 1.82) is 0 Å². The standard InChI is InChI=1S/C30H43N3O8/c1-22(2)24-19-26(32-28(20-24)30(36)37)21-33-8-12-40-16-14-38-10-6-23(7-11-39-15-17-41-13-9-33)18-25-4-3-5-27(31-25)29(34)35/h3-5,19-20,22-23H,6-18,21H2,1-2H3,(H,34,35)(H,36,37). The summed E-state index contributed by atoms with van der Waals surface area (Å²) < 4.78 is 23.3. The molecule has 0 atom stereocenters. The fourth-order valence-corrected chi connectivity index (χ4v) is 4.52. The van der Waals surface area contributed by atoms with Crippen LogP contribution in [0, 0.1) is 5.92 Å². The lowest BCUT2D eigenvalue weighted by atomic mass is 9.96. The van der Waals surface area contributed by atoms with Crippen molar-refractivity contribution in [1.82, 2.24) is 14.9 Å². The summed E-state index contributed by atoms with van der Waals surface area (Å²) in [6, 6.07) is 8.68. The van der Waals surface area contributed by atoms with Crippen molar-refractivity contribution in [3.8, 4) is 0 Å². The SMILES string of the molecule is CC(C)c1cc(CN2CCOCCOCCC(Cc3cccc(C(=O)O)n3)CCOCCOCC2)nc(C(=O)O)c1. The van der Waals surface area contributed by atoms with Crippen LogP contribution in [0.5, 0.6) is 0 Å². The van der Waals surface area contributed by atoms with Gasteiger partial charge < -0.3 is 29.2 Å². The Kier molecular flexibility index (Phi) is 14.1. The third-order valence-corrected chi connectivity index (χ3v) is 6.88. The fraction of sp³-hybridized carbons (Fsp3) is 0.600. The number of aromatic nitrogens is 2. The average molecular weight is 574 g/mol. The molecule has 3 heterocycles. The van der Waals surface area contributed by atoms with Gasteiger partial charge in [-0.2, -0.15) is 0 Å². The molecule has 41 heavy (non-hydrogen) atoms. The number of rotatable bonds is 7. The number of hydrogen-bond donors (Lipinski definition) is 2. The second-order valence-electron chi connectivity index (χ2n) is 10.4. The summed E-state index contributed by atoms with van der Waals surface area (Å²) in [5, 5.41) is 18.7. The van der Waals surface area contributed by atoms with Gasteiger partial charge in [-0.1, -0.05) is 19.9 Å². The number of ether oxygens (including phenoxy) is 4. The second-order valence-corrected chi connectivity index (χ2v) is 10.4. The number of pyridine rings is 2. The molecule has 2 aromatic rings. The van der Waals surface area contributed by atoms with Gasteiger partial charge in [-0.05, 0) is 60.9 Å². The molecule has 1 aliphatic rings. The van der Waals surface area contributed by atoms with Gasteiger partial charge in [-0.25, -0.2) is 19.6 Å². The molecule has 0 saturated carbocycles. The first-order valence-corrected chi connectivity index (χ1v) is 14.3. The van der Waals surface area contributed by atoms with E-state index in [2.05, 4.69) is 14.9 Å². The summed E-state index contributed by atoms with van der Waals surface area (Å²) >= 11 is 0. The van der Waals surface area contributed by atoms with Gasteiger partial charge >= 0.3 is 11.9 Å². The van der Waals surface area contributed by atoms with Crippen LogP contribution in [0.3, 0.4) is 0 Å². The summed E-state index contributed by atoms with van der Waals surface area (Å²) in [5.74, 6) is -1.63. The Morgan fingerprint density at radius 3 is 1.93 bits per heavy atom. The molecular formula is C30H43N3O8. The monoisotopic (exact) mass is 573 g/mol. The topological polar surface area (TPSA) is 141 Å². The second kappa shape index (κ2) is 17.8. The Morgan fingerprint density at radius 1 is 0.805 bits per heavy atom. The van der Waals surface area contributed by atoms with Crippen molar-refractivity contribution in [3.05, 3.63) is 58.7 Å². The lowest BCUT2D eigenvalue weighted by Crippen LogP contribution is -2.32. The van der Waals surface area contributed by atoms with Crippen LogP contribution >= 0.6 is 0 Å². The quantitative estimate of drug-likeness (QED) is 0.503. The summed E-state index contributed by atoms with van der Waals surface area (Å²) in [7, 11) is 0. The zero-order chi connectivity index (χ0) is 29.5. The van der Waals surface area contributed by atoms with E-state index in [1.807, 2.05) is 26.0 Å². The number of aromatic carboxylic acids is 2. The maximum Gasteiger partial charge on any atom is 0.354 e. The smallest absolute Gasteiger partial charge is 0.354 e. The van der Waals surface area contributed by atoms with Crippen LogP contribution < -0.4 is 0 Å². The normalized spacial score (nSPS) is 18.0. The predicted molar refractivity (Wildman–Crippen MR) is 151 cm³/mol. The van der Waals surface area contributed by atoms with Gasteiger partial charge in [0, 0.05) is 38.5 Å². The Hall–Kier alpha value is -2.96. The Morgan fingerprint density at radius 2 is 1.37 bits per heavy atom. The van der Waals surface area contributed by atoms with Crippen LogP contribution in [0.2, 0.25) is 0 Å². The molecule has 1 saturated heterocycles. The minimum atomic E-state index is -1.03. The van der Waals surface area contributed by atoms with Crippen LogP contribution in [0.4, 0.5) is 0 Å². The number of carbonyl (C=O) groups is 2. The number of carboxylic acid groups (broad SMARTS) is 2. The number of nitrogens with zero attached hydrogens (tertiary/aromatic N) is 3. The van der Waals surface area contributed by atoms with E-state index in [0.29, 0.717) is 84.6 Å². The molecule has 2 aromatic heterocycles. The van der Waals surface area contributed by atoms with Crippen molar-refractivity contribution in [2.45, 2.75) is 45.6 Å². The van der Waals surface area contributed by atoms with Gasteiger partial charge in [0.1, 0.15) is 11.4 Å². The molecule has 0 unspecified atom stereocenters. The Labute approximate surface area is 241 Å². The van der Waals surface area contributed by atoms with E-state index in [9.17, 15) is 19.8 Å². The highest BCUT2D eigenvalue weighted by Gasteiger charge is 2.16. The zero-order valence-corrected chi connectivity index (χ0v) is 24.1. The summed E-state index contributed by atoms with van der Waals surface area (Å²) in [5.41, 5.74) is 2.51. The third kappa shape index (κ3) is 12.2. The Bertz CT molecular complexity index is 1080. The first-order valence-electron chi connectivity index (χ1n) is 14.3. The lowest BCUT2D eigenvalue weighted by Gasteiger charge is -2.23. The van der Waals surface area contributed by atoms with E-state index in [-0.39, 0.29) is 23.2 Å². The minimum Gasteiger partial charge on any atom is -0.477 e. The third-order valence-electron chi connectivity index (χ3n) is 6.88. The van der Waals surface area contributed by atoms with Crippen molar-refractivity contribution in [3.63, 3.8) is 0 Å². The molecular weight excluding hydrogens is 530 g/mol. The summed E-state index contributed by atoms with van der Waals surface area (Å²) in [6.07, 6.45) is 2.25. The molecule has 0 spiro atoms. The molecule has 1 fully saturated rings. The van der Waals surface area contributed by atoms with Crippen LogP contribution in [0.25, 0.3) is 0 Å². The van der Waals surface area contributed by atoms with Crippen molar-refractivity contribution in [2.75, 3.05) is 65.9 Å². The molecule has 3 rings (SSSR count). The van der Waals surface area contributed by atoms with Gasteiger partial charge in [0.2, 0.25) is 0 Å². The van der Waals surface area contributed by atoms with E-state index in [4.69, 9.17) is 18.9 Å². The van der Waals surface area contributed by atoms with Crippen molar-refractivity contribution in [2.24, 2.45) is 5.92 Å². The molecule has 11 heteroatoms. The molecule has 11 nitrogen and oxygen atoms in total. The van der Waals surface area contributed by atoms with E-state index >= 15 is 0 Å². The van der Waals surface area contributed by atoms with E-state index < -0.39 is 11.9 Å². The maximum atomic E-state index is 11.6. The Balaban J connectivity index is 1.53. The van der Waals surface area contributed by atoms with E-state index in [0.717, 1.165) is 24.1 Å². The highest BCUT2D eigenvalue weighted by Crippen LogP contribution is 2.18. The van der Waals surface area contributed by atoms with Crippen LogP contribution in [-0.4, -0.2) is 103 Å². The van der Waals surface area contributed by atoms with Crippen LogP contribution in [0.1, 0.15) is 70.5 Å². The molecule has 1 aliphatic heterocycles. The van der Waals surface area contributed by atoms with Gasteiger partial charge in [0.15, 0.2) is 0 Å². The predicted octanol–water partition coefficient (Wildman–Crippen LogP) is 3.52. The first kappa shape index (κ1) is 32.6. The fourth-order valence-electron chi connectivity index (χ4n) is 4.52.